The van der Waals surface area contributed by atoms with E-state index < -0.39 is 12.1 Å². The highest BCUT2D eigenvalue weighted by atomic mass is 35.5. The first kappa shape index (κ1) is 18.1. The van der Waals surface area contributed by atoms with E-state index in [1.165, 1.54) is 13.8 Å². The van der Waals surface area contributed by atoms with Gasteiger partial charge in [0.15, 0.2) is 0 Å². The van der Waals surface area contributed by atoms with E-state index in [1.807, 2.05) is 6.07 Å². The summed E-state index contributed by atoms with van der Waals surface area (Å²) in [5, 5.41) is 17.0. The number of nitriles is 1. The predicted molar refractivity (Wildman–Crippen MR) is 90.4 cm³/mol. The van der Waals surface area contributed by atoms with Gasteiger partial charge in [0.05, 0.1) is 30.4 Å². The van der Waals surface area contributed by atoms with Gasteiger partial charge in [-0.25, -0.2) is 18.0 Å². The molecule has 0 fully saturated rings. The molecule has 0 unspecified atom stereocenters. The fraction of sp³-hybridized carbons (Fsp3) is 0.375. The molecular weight excluding hydrogens is 366 g/mol. The van der Waals surface area contributed by atoms with Gasteiger partial charge in [-0.15, -0.1) is 0 Å². The van der Waals surface area contributed by atoms with E-state index in [-0.39, 0.29) is 29.7 Å². The quantitative estimate of drug-likeness (QED) is 0.681. The van der Waals surface area contributed by atoms with Crippen molar-refractivity contribution in [2.45, 2.75) is 39.3 Å². The first-order valence-corrected chi connectivity index (χ1v) is 8.18. The second kappa shape index (κ2) is 6.88. The van der Waals surface area contributed by atoms with Crippen LogP contribution in [0.4, 0.5) is 8.78 Å². The minimum absolute atomic E-state index is 0.0554. The summed E-state index contributed by atoms with van der Waals surface area (Å²) in [6.07, 6.45) is -0.870. The van der Waals surface area contributed by atoms with E-state index >= 15 is 0 Å². The third-order valence-electron chi connectivity index (χ3n) is 4.02. The van der Waals surface area contributed by atoms with Crippen molar-refractivity contribution in [3.05, 3.63) is 50.9 Å². The zero-order valence-electron chi connectivity index (χ0n) is 14.0. The molecule has 26 heavy (non-hydrogen) atoms. The van der Waals surface area contributed by atoms with Crippen LogP contribution in [0.15, 0.2) is 23.1 Å². The predicted octanol–water partition coefficient (Wildman–Crippen LogP) is 3.11. The molecule has 3 aromatic heterocycles. The maximum atomic E-state index is 12.7. The summed E-state index contributed by atoms with van der Waals surface area (Å²) in [7, 11) is 0. The maximum absolute atomic E-state index is 12.7. The Balaban J connectivity index is 2.02. The van der Waals surface area contributed by atoms with Crippen molar-refractivity contribution < 1.29 is 8.78 Å². The fourth-order valence-electron chi connectivity index (χ4n) is 2.72. The maximum Gasteiger partial charge on any atom is 0.282 e. The number of alkyl halides is 2. The van der Waals surface area contributed by atoms with Gasteiger partial charge < -0.3 is 4.57 Å². The number of aromatic nitrogens is 5. The Morgan fingerprint density at radius 2 is 2.08 bits per heavy atom. The molecule has 0 N–H and O–H groups in total. The van der Waals surface area contributed by atoms with E-state index in [4.69, 9.17) is 16.9 Å². The van der Waals surface area contributed by atoms with Crippen LogP contribution in [0.25, 0.3) is 5.52 Å². The molecule has 0 amide bonds. The molecule has 7 nitrogen and oxygen atoms in total. The summed E-state index contributed by atoms with van der Waals surface area (Å²) in [5.41, 5.74) is 0.805. The van der Waals surface area contributed by atoms with Crippen molar-refractivity contribution in [2.75, 3.05) is 0 Å². The highest BCUT2D eigenvalue weighted by Crippen LogP contribution is 2.22. The molecule has 0 aliphatic rings. The number of hydrogen-bond donors (Lipinski definition) is 0. The molecule has 0 spiro atoms. The van der Waals surface area contributed by atoms with Crippen LogP contribution in [0.2, 0.25) is 5.15 Å². The van der Waals surface area contributed by atoms with E-state index in [0.29, 0.717) is 16.9 Å². The van der Waals surface area contributed by atoms with Gasteiger partial charge in [-0.1, -0.05) is 11.6 Å². The molecule has 0 saturated carbocycles. The fourth-order valence-corrected chi connectivity index (χ4v) is 2.93. The van der Waals surface area contributed by atoms with Crippen molar-refractivity contribution in [3.63, 3.8) is 0 Å². The van der Waals surface area contributed by atoms with Gasteiger partial charge in [0.25, 0.3) is 12.0 Å². The normalized spacial score (nSPS) is 12.7. The third-order valence-corrected chi connectivity index (χ3v) is 4.32. The molecule has 0 saturated heterocycles. The molecule has 0 aliphatic carbocycles. The van der Waals surface area contributed by atoms with Crippen LogP contribution in [0.5, 0.6) is 0 Å². The molecule has 3 rings (SSSR count). The zero-order chi connectivity index (χ0) is 19.0. The van der Waals surface area contributed by atoms with Crippen LogP contribution in [0.3, 0.4) is 0 Å². The monoisotopic (exact) mass is 380 g/mol. The standard InChI is InChI=1S/C16H15ClF2N6O/c1-9(3-4-20)23-7-10(2)25-13(16(23)26)5-11(21-25)8-24-14(17)6-12(22-24)15(18)19/h5-7,9,15H,3,8H2,1-2H3/t9-/m1/s1. The number of fused-ring (bicyclic) bond motifs is 1. The highest BCUT2D eigenvalue weighted by Gasteiger charge is 2.17. The van der Waals surface area contributed by atoms with Gasteiger partial charge in [0.2, 0.25) is 0 Å². The number of hydrogen-bond acceptors (Lipinski definition) is 4. The molecule has 0 aromatic carbocycles. The zero-order valence-corrected chi connectivity index (χ0v) is 14.8. The first-order valence-electron chi connectivity index (χ1n) is 7.80. The van der Waals surface area contributed by atoms with Crippen molar-refractivity contribution >= 4 is 17.1 Å². The smallest absolute Gasteiger partial charge is 0.282 e. The van der Waals surface area contributed by atoms with E-state index in [9.17, 15) is 13.6 Å². The lowest BCUT2D eigenvalue weighted by molar-refractivity contribution is 0.145. The second-order valence-electron chi connectivity index (χ2n) is 5.98. The Morgan fingerprint density at radius 1 is 1.35 bits per heavy atom. The van der Waals surface area contributed by atoms with Crippen LogP contribution in [0.1, 0.15) is 42.9 Å². The Morgan fingerprint density at radius 3 is 2.69 bits per heavy atom. The second-order valence-corrected chi connectivity index (χ2v) is 6.36. The first-order chi connectivity index (χ1) is 12.3. The Kier molecular flexibility index (Phi) is 4.78. The number of halogens is 3. The minimum Gasteiger partial charge on any atom is -0.308 e. The van der Waals surface area contributed by atoms with Crippen LogP contribution in [-0.2, 0) is 6.54 Å². The lowest BCUT2D eigenvalue weighted by Crippen LogP contribution is -2.25. The summed E-state index contributed by atoms with van der Waals surface area (Å²) in [4.78, 5) is 12.7. The number of aryl methyl sites for hydroxylation is 1. The summed E-state index contributed by atoms with van der Waals surface area (Å²) in [6.45, 7) is 3.63. The average molecular weight is 381 g/mol. The van der Waals surface area contributed by atoms with Gasteiger partial charge in [-0.2, -0.15) is 15.5 Å². The molecule has 3 aromatic rings. The molecule has 1 atom stereocenters. The lowest BCUT2D eigenvalue weighted by Gasteiger charge is -2.13. The SMILES string of the molecule is Cc1cn([C@H](C)CC#N)c(=O)c2cc(Cn3nc(C(F)F)cc3Cl)nn12. The third kappa shape index (κ3) is 3.20. The van der Waals surface area contributed by atoms with Crippen LogP contribution >= 0.6 is 11.6 Å². The topological polar surface area (TPSA) is 80.9 Å². The average Bonchev–Trinajstić information content (AvgIpc) is 3.16. The molecule has 0 radical (unpaired) electrons. The lowest BCUT2D eigenvalue weighted by atomic mass is 10.2. The summed E-state index contributed by atoms with van der Waals surface area (Å²) in [5.74, 6) is 0. The molecular formula is C16H15ClF2N6O. The van der Waals surface area contributed by atoms with Crippen LogP contribution < -0.4 is 5.56 Å². The van der Waals surface area contributed by atoms with Gasteiger partial charge in [0.1, 0.15) is 16.4 Å². The van der Waals surface area contributed by atoms with E-state index in [2.05, 4.69) is 10.2 Å². The summed E-state index contributed by atoms with van der Waals surface area (Å²) >= 11 is 5.94. The number of rotatable bonds is 5. The van der Waals surface area contributed by atoms with Gasteiger partial charge >= 0.3 is 0 Å². The largest absolute Gasteiger partial charge is 0.308 e. The Hall–Kier alpha value is -2.73. The molecule has 136 valence electrons. The molecule has 3 heterocycles. The van der Waals surface area contributed by atoms with Gasteiger partial charge in [0, 0.05) is 18.3 Å². The van der Waals surface area contributed by atoms with Crippen molar-refractivity contribution in [1.82, 2.24) is 24.0 Å². The molecule has 0 bridgehead atoms. The Labute approximate surface area is 152 Å². The minimum atomic E-state index is -2.72. The van der Waals surface area contributed by atoms with E-state index in [0.717, 1.165) is 6.07 Å². The van der Waals surface area contributed by atoms with Gasteiger partial charge in [-0.05, 0) is 19.9 Å². The van der Waals surface area contributed by atoms with Crippen LogP contribution in [0, 0.1) is 18.3 Å². The van der Waals surface area contributed by atoms with Crippen molar-refractivity contribution in [3.8, 4) is 6.07 Å². The van der Waals surface area contributed by atoms with Crippen molar-refractivity contribution in [1.29, 1.82) is 5.26 Å². The Bertz CT molecular complexity index is 1060. The van der Waals surface area contributed by atoms with Crippen molar-refractivity contribution in [2.24, 2.45) is 0 Å². The molecule has 10 heteroatoms. The summed E-state index contributed by atoms with van der Waals surface area (Å²) in [6, 6.07) is 4.45. The van der Waals surface area contributed by atoms with Crippen LogP contribution in [-0.4, -0.2) is 24.0 Å². The highest BCUT2D eigenvalue weighted by molar-refractivity contribution is 6.29. The van der Waals surface area contributed by atoms with Gasteiger partial charge in [-0.3, -0.25) is 4.79 Å². The molecule has 0 aliphatic heterocycles. The number of nitrogens with zero attached hydrogens (tertiary/aromatic N) is 6. The summed E-state index contributed by atoms with van der Waals surface area (Å²) < 4.78 is 29.7. The van der Waals surface area contributed by atoms with E-state index in [1.54, 1.807) is 26.1 Å².